The topological polar surface area (TPSA) is 171 Å². The fourth-order valence-corrected chi connectivity index (χ4v) is 4.18. The lowest BCUT2D eigenvalue weighted by atomic mass is 10.2. The number of rotatable bonds is 18. The highest BCUT2D eigenvalue weighted by atomic mass is 16.3. The molecule has 0 spiro atoms. The van der Waals surface area contributed by atoms with Gasteiger partial charge in [-0.05, 0) is 55.1 Å². The number of nitrogens with one attached hydrogen (secondary N) is 3. The maximum Gasteiger partial charge on any atom is 0.222 e. The molecule has 0 aliphatic carbocycles. The van der Waals surface area contributed by atoms with E-state index in [0.29, 0.717) is 49.9 Å². The lowest BCUT2D eigenvalue weighted by molar-refractivity contribution is -0.109. The van der Waals surface area contributed by atoms with Gasteiger partial charge < -0.3 is 37.0 Å². The number of benzene rings is 2. The molecule has 1 heterocycles. The Morgan fingerprint density at radius 1 is 0.780 bits per heavy atom. The zero-order valence-corrected chi connectivity index (χ0v) is 23.6. The van der Waals surface area contributed by atoms with E-state index in [1.54, 1.807) is 0 Å². The summed E-state index contributed by atoms with van der Waals surface area (Å²) < 4.78 is 0. The Kier molecular flexibility index (Phi) is 13.2. The minimum atomic E-state index is -0.387. The summed E-state index contributed by atoms with van der Waals surface area (Å²) in [7, 11) is 0. The van der Waals surface area contributed by atoms with E-state index in [4.69, 9.17) is 21.1 Å². The van der Waals surface area contributed by atoms with Gasteiger partial charge in [0.1, 0.15) is 0 Å². The van der Waals surface area contributed by atoms with Crippen molar-refractivity contribution in [2.45, 2.75) is 6.92 Å². The summed E-state index contributed by atoms with van der Waals surface area (Å²) in [6, 6.07) is 15.2. The quantitative estimate of drug-likeness (QED) is 0.138. The number of aliphatic hydroxyl groups is 3. The van der Waals surface area contributed by atoms with Crippen LogP contribution < -0.4 is 21.7 Å². The number of ketones is 1. The van der Waals surface area contributed by atoms with Crippen LogP contribution in [0.5, 0.6) is 0 Å². The molecular weight excluding hydrogens is 524 g/mol. The van der Waals surface area contributed by atoms with Crippen LogP contribution in [-0.2, 0) is 4.79 Å². The standard InChI is InChI=1S/C29H42N8O4/c1-2-36(15-18-38)13-11-31-23-5-9-25(10-6-23)34-29-26(21-27(41)28(30)35-29)33-24-7-3-22(4-8-24)32-12-14-37(16-19-39)17-20-40/h3-10,21,31-33,38-40H,2,11-20H2,1H3,(H2,30,34,35). The molecule has 222 valence electrons. The van der Waals surface area contributed by atoms with Gasteiger partial charge in [-0.1, -0.05) is 6.92 Å². The van der Waals surface area contributed by atoms with Gasteiger partial charge in [-0.15, -0.1) is 0 Å². The number of dihydropyridines is 1. The Bertz CT molecular complexity index is 1180. The van der Waals surface area contributed by atoms with Crippen molar-refractivity contribution in [3.8, 4) is 0 Å². The minimum absolute atomic E-state index is 0.0487. The number of hydrogen-bond acceptors (Lipinski definition) is 11. The van der Waals surface area contributed by atoms with E-state index in [9.17, 15) is 4.79 Å². The van der Waals surface area contributed by atoms with Crippen molar-refractivity contribution in [3.05, 3.63) is 60.3 Å². The van der Waals surface area contributed by atoms with Crippen molar-refractivity contribution in [1.82, 2.24) is 9.80 Å². The van der Waals surface area contributed by atoms with Crippen molar-refractivity contribution in [2.75, 3.05) is 88.1 Å². The van der Waals surface area contributed by atoms with Crippen LogP contribution in [0.25, 0.3) is 0 Å². The highest BCUT2D eigenvalue weighted by Crippen LogP contribution is 2.21. The predicted octanol–water partition coefficient (Wildman–Crippen LogP) is 1.08. The van der Waals surface area contributed by atoms with Crippen LogP contribution in [0.15, 0.2) is 70.3 Å². The molecule has 0 bridgehead atoms. The van der Waals surface area contributed by atoms with Crippen LogP contribution in [0.4, 0.5) is 22.7 Å². The molecule has 0 amide bonds. The molecule has 2 aromatic rings. The molecule has 1 aliphatic heterocycles. The zero-order chi connectivity index (χ0) is 29.5. The van der Waals surface area contributed by atoms with E-state index < -0.39 is 0 Å². The SMILES string of the molecule is CCN(CCO)CCNc1ccc(N=C2N=C(N)C(=O)C=C2Nc2ccc(NCCN(CCO)CCO)cc2)cc1. The van der Waals surface area contributed by atoms with Gasteiger partial charge in [0.2, 0.25) is 5.78 Å². The molecule has 8 N–H and O–H groups in total. The van der Waals surface area contributed by atoms with Crippen LogP contribution >= 0.6 is 0 Å². The van der Waals surface area contributed by atoms with Gasteiger partial charge in [0.15, 0.2) is 11.7 Å². The molecule has 0 saturated heterocycles. The first-order chi connectivity index (χ1) is 19.9. The summed E-state index contributed by atoms with van der Waals surface area (Å²) in [6.07, 6.45) is 1.39. The summed E-state index contributed by atoms with van der Waals surface area (Å²) in [5.41, 5.74) is 9.54. The average Bonchev–Trinajstić information content (AvgIpc) is 2.97. The van der Waals surface area contributed by atoms with E-state index in [1.807, 2.05) is 53.4 Å². The van der Waals surface area contributed by atoms with Crippen LogP contribution in [0.3, 0.4) is 0 Å². The molecule has 2 aromatic carbocycles. The largest absolute Gasteiger partial charge is 0.395 e. The fraction of sp³-hybridized carbons (Fsp3) is 0.414. The molecule has 0 unspecified atom stereocenters. The number of likely N-dealkylation sites (N-methyl/N-ethyl adjacent to an activating group) is 1. The van der Waals surface area contributed by atoms with Gasteiger partial charge in [-0.25, -0.2) is 9.98 Å². The number of carbonyl (C=O) groups is 1. The second kappa shape index (κ2) is 17.1. The Morgan fingerprint density at radius 2 is 1.29 bits per heavy atom. The predicted molar refractivity (Wildman–Crippen MR) is 165 cm³/mol. The number of nitrogens with zero attached hydrogens (tertiary/aromatic N) is 4. The van der Waals surface area contributed by atoms with E-state index in [2.05, 4.69) is 37.8 Å². The maximum atomic E-state index is 12.3. The van der Waals surface area contributed by atoms with E-state index >= 15 is 0 Å². The van der Waals surface area contributed by atoms with E-state index in [0.717, 1.165) is 36.7 Å². The molecule has 0 atom stereocenters. The Hall–Kier alpha value is -3.81. The summed E-state index contributed by atoms with van der Waals surface area (Å²) in [5, 5.41) is 37.3. The lowest BCUT2D eigenvalue weighted by Crippen LogP contribution is -2.34. The van der Waals surface area contributed by atoms with Crippen molar-refractivity contribution < 1.29 is 20.1 Å². The normalized spacial score (nSPS) is 14.4. The number of hydrogen-bond donors (Lipinski definition) is 7. The maximum absolute atomic E-state index is 12.3. The molecule has 0 fully saturated rings. The molecule has 3 rings (SSSR count). The molecule has 1 aliphatic rings. The minimum Gasteiger partial charge on any atom is -0.395 e. The Morgan fingerprint density at radius 3 is 1.85 bits per heavy atom. The van der Waals surface area contributed by atoms with Gasteiger partial charge in [0.25, 0.3) is 0 Å². The monoisotopic (exact) mass is 566 g/mol. The summed E-state index contributed by atoms with van der Waals surface area (Å²) in [4.78, 5) is 25.3. The van der Waals surface area contributed by atoms with Crippen LogP contribution in [0.1, 0.15) is 6.92 Å². The number of aliphatic imine (C=N–C) groups is 2. The average molecular weight is 567 g/mol. The van der Waals surface area contributed by atoms with Gasteiger partial charge in [-0.3, -0.25) is 14.6 Å². The molecule has 12 heteroatoms. The molecule has 0 saturated carbocycles. The fourth-order valence-electron chi connectivity index (χ4n) is 4.18. The number of anilines is 3. The summed E-state index contributed by atoms with van der Waals surface area (Å²) in [6.45, 7) is 7.81. The number of nitrogens with two attached hydrogens (primary N) is 1. The lowest BCUT2D eigenvalue weighted by Gasteiger charge is -2.20. The first-order valence-electron chi connectivity index (χ1n) is 13.9. The van der Waals surface area contributed by atoms with E-state index in [1.165, 1.54) is 6.08 Å². The van der Waals surface area contributed by atoms with Crippen LogP contribution in [0, 0.1) is 0 Å². The van der Waals surface area contributed by atoms with Gasteiger partial charge in [0, 0.05) is 69.0 Å². The van der Waals surface area contributed by atoms with Gasteiger partial charge in [-0.2, -0.15) is 0 Å². The second-order valence-corrected chi connectivity index (χ2v) is 9.40. The van der Waals surface area contributed by atoms with Crippen LogP contribution in [-0.4, -0.2) is 115 Å². The Labute approximate surface area is 241 Å². The molecule has 0 aromatic heterocycles. The van der Waals surface area contributed by atoms with Crippen molar-refractivity contribution in [3.63, 3.8) is 0 Å². The third kappa shape index (κ3) is 10.6. The first-order valence-corrected chi connectivity index (χ1v) is 13.9. The molecule has 41 heavy (non-hydrogen) atoms. The van der Waals surface area contributed by atoms with E-state index in [-0.39, 0.29) is 31.4 Å². The second-order valence-electron chi connectivity index (χ2n) is 9.40. The van der Waals surface area contributed by atoms with Crippen LogP contribution in [0.2, 0.25) is 0 Å². The number of amidine groups is 2. The van der Waals surface area contributed by atoms with Crippen molar-refractivity contribution in [1.29, 1.82) is 0 Å². The number of carbonyl (C=O) groups excluding carboxylic acids is 1. The molecule has 12 nitrogen and oxygen atoms in total. The summed E-state index contributed by atoms with van der Waals surface area (Å²) >= 11 is 0. The van der Waals surface area contributed by atoms with Crippen molar-refractivity contribution in [2.24, 2.45) is 15.7 Å². The Balaban J connectivity index is 1.60. The highest BCUT2D eigenvalue weighted by molar-refractivity contribution is 6.47. The third-order valence-electron chi connectivity index (χ3n) is 6.47. The van der Waals surface area contributed by atoms with Gasteiger partial charge in [0.05, 0.1) is 31.2 Å². The first kappa shape index (κ1) is 31.7. The van der Waals surface area contributed by atoms with Gasteiger partial charge >= 0.3 is 0 Å². The van der Waals surface area contributed by atoms with Crippen molar-refractivity contribution >= 4 is 40.2 Å². The molecular formula is C29H42N8O4. The summed E-state index contributed by atoms with van der Waals surface area (Å²) in [5.74, 6) is -0.200. The number of aliphatic hydroxyl groups excluding tert-OH is 3. The third-order valence-corrected chi connectivity index (χ3v) is 6.47. The molecule has 0 radical (unpaired) electrons. The zero-order valence-electron chi connectivity index (χ0n) is 23.6. The highest BCUT2D eigenvalue weighted by Gasteiger charge is 2.19. The smallest absolute Gasteiger partial charge is 0.222 e.